The van der Waals surface area contributed by atoms with Crippen molar-refractivity contribution in [2.24, 2.45) is 0 Å². The van der Waals surface area contributed by atoms with Gasteiger partial charge in [-0.05, 0) is 19.1 Å². The molecule has 0 radical (unpaired) electrons. The van der Waals surface area contributed by atoms with Crippen molar-refractivity contribution in [2.75, 3.05) is 12.4 Å². The van der Waals surface area contributed by atoms with Gasteiger partial charge in [0.05, 0.1) is 37.3 Å². The quantitative estimate of drug-likeness (QED) is 0.755. The third-order valence-corrected chi connectivity index (χ3v) is 3.60. The summed E-state index contributed by atoms with van der Waals surface area (Å²) in [6.07, 6.45) is 7.21. The van der Waals surface area contributed by atoms with Crippen LogP contribution in [0.25, 0.3) is 0 Å². The molecule has 1 aromatic carbocycles. The van der Waals surface area contributed by atoms with Crippen LogP contribution < -0.4 is 10.1 Å². The molecule has 1 N–H and O–H groups in total. The number of ether oxygens (including phenoxy) is 1. The summed E-state index contributed by atoms with van der Waals surface area (Å²) < 4.78 is 8.83. The van der Waals surface area contributed by atoms with Crippen LogP contribution in [0.2, 0.25) is 0 Å². The fraction of sp³-hybridized carbons (Fsp3) is 0.235. The Kier molecular flexibility index (Phi) is 4.60. The lowest BCUT2D eigenvalue weighted by molar-refractivity contribution is 0.102. The number of aromatic nitrogens is 4. The summed E-state index contributed by atoms with van der Waals surface area (Å²) in [4.78, 5) is 12.4. The number of carbonyl (C=O) groups is 1. The maximum atomic E-state index is 12.4. The minimum Gasteiger partial charge on any atom is -0.496 e. The first-order valence-corrected chi connectivity index (χ1v) is 7.67. The Morgan fingerprint density at radius 2 is 1.96 bits per heavy atom. The van der Waals surface area contributed by atoms with E-state index in [9.17, 15) is 4.79 Å². The predicted octanol–water partition coefficient (Wildman–Crippen LogP) is 2.41. The number of aryl methyl sites for hydroxylation is 1. The molecule has 0 aliphatic heterocycles. The molecule has 0 bridgehead atoms. The van der Waals surface area contributed by atoms with E-state index in [0.717, 1.165) is 12.1 Å². The summed E-state index contributed by atoms with van der Waals surface area (Å²) in [5, 5.41) is 11.3. The minimum absolute atomic E-state index is 0.231. The average Bonchev–Trinajstić information content (AvgIpc) is 3.24. The number of methoxy groups -OCH3 is 1. The van der Waals surface area contributed by atoms with E-state index in [4.69, 9.17) is 4.74 Å². The molecule has 0 saturated carbocycles. The second-order valence-corrected chi connectivity index (χ2v) is 5.29. The molecule has 7 nitrogen and oxygen atoms in total. The minimum atomic E-state index is -0.231. The van der Waals surface area contributed by atoms with Gasteiger partial charge in [0.1, 0.15) is 5.75 Å². The molecule has 3 aromatic rings. The van der Waals surface area contributed by atoms with E-state index in [1.54, 1.807) is 42.4 Å². The Morgan fingerprint density at radius 1 is 1.17 bits per heavy atom. The molecule has 0 aliphatic carbocycles. The molecule has 2 heterocycles. The van der Waals surface area contributed by atoms with E-state index in [2.05, 4.69) is 15.5 Å². The van der Waals surface area contributed by atoms with E-state index in [0.29, 0.717) is 23.5 Å². The molecular weight excluding hydrogens is 306 g/mol. The van der Waals surface area contributed by atoms with Gasteiger partial charge in [0.2, 0.25) is 0 Å². The molecule has 0 atom stereocenters. The van der Waals surface area contributed by atoms with Crippen molar-refractivity contribution in [3.05, 3.63) is 60.2 Å². The van der Waals surface area contributed by atoms with Crippen molar-refractivity contribution in [1.82, 2.24) is 19.6 Å². The van der Waals surface area contributed by atoms with Gasteiger partial charge in [-0.25, -0.2) is 0 Å². The van der Waals surface area contributed by atoms with Crippen LogP contribution in [-0.2, 0) is 13.1 Å². The van der Waals surface area contributed by atoms with E-state index < -0.39 is 0 Å². The standard InChI is InChI=1S/C17H19N5O2/c1-3-21-10-13(8-18-21)11-22-12-14(9-19-22)20-17(23)15-6-4-5-7-16(15)24-2/h4-10,12H,3,11H2,1-2H3,(H,20,23). The van der Waals surface area contributed by atoms with Gasteiger partial charge in [0, 0.05) is 24.5 Å². The summed E-state index contributed by atoms with van der Waals surface area (Å²) in [6, 6.07) is 7.10. The summed E-state index contributed by atoms with van der Waals surface area (Å²) in [5.41, 5.74) is 2.17. The van der Waals surface area contributed by atoms with Gasteiger partial charge in [0.25, 0.3) is 5.91 Å². The number of carbonyl (C=O) groups excluding carboxylic acids is 1. The van der Waals surface area contributed by atoms with Gasteiger partial charge in [-0.3, -0.25) is 14.2 Å². The van der Waals surface area contributed by atoms with Gasteiger partial charge in [-0.15, -0.1) is 0 Å². The third-order valence-electron chi connectivity index (χ3n) is 3.60. The summed E-state index contributed by atoms with van der Waals surface area (Å²) in [5.74, 6) is 0.306. The monoisotopic (exact) mass is 325 g/mol. The van der Waals surface area contributed by atoms with Crippen LogP contribution in [0, 0.1) is 0 Å². The Labute approximate surface area is 139 Å². The van der Waals surface area contributed by atoms with Gasteiger partial charge < -0.3 is 10.1 Å². The SMILES string of the molecule is CCn1cc(Cn2cc(NC(=O)c3ccccc3OC)cn2)cn1. The number of hydrogen-bond acceptors (Lipinski definition) is 4. The number of benzene rings is 1. The fourth-order valence-electron chi connectivity index (χ4n) is 2.39. The molecule has 2 aromatic heterocycles. The summed E-state index contributed by atoms with van der Waals surface area (Å²) in [7, 11) is 1.54. The largest absolute Gasteiger partial charge is 0.496 e. The second-order valence-electron chi connectivity index (χ2n) is 5.29. The number of hydrogen-bond donors (Lipinski definition) is 1. The highest BCUT2D eigenvalue weighted by molar-refractivity contribution is 6.06. The van der Waals surface area contributed by atoms with Crippen LogP contribution in [0.1, 0.15) is 22.8 Å². The summed E-state index contributed by atoms with van der Waals surface area (Å²) >= 11 is 0. The number of nitrogens with one attached hydrogen (secondary N) is 1. The maximum absolute atomic E-state index is 12.4. The normalized spacial score (nSPS) is 10.6. The highest BCUT2D eigenvalue weighted by atomic mass is 16.5. The van der Waals surface area contributed by atoms with Gasteiger partial charge in [0.15, 0.2) is 0 Å². The zero-order valence-electron chi connectivity index (χ0n) is 13.6. The van der Waals surface area contributed by atoms with Crippen LogP contribution in [0.15, 0.2) is 49.1 Å². The van der Waals surface area contributed by atoms with Crippen LogP contribution in [0.4, 0.5) is 5.69 Å². The number of anilines is 1. The Morgan fingerprint density at radius 3 is 2.71 bits per heavy atom. The van der Waals surface area contributed by atoms with Crippen molar-refractivity contribution < 1.29 is 9.53 Å². The van der Waals surface area contributed by atoms with Gasteiger partial charge in [-0.2, -0.15) is 10.2 Å². The van der Waals surface area contributed by atoms with Crippen molar-refractivity contribution in [3.63, 3.8) is 0 Å². The van der Waals surface area contributed by atoms with Gasteiger partial charge >= 0.3 is 0 Å². The molecule has 0 aliphatic rings. The Balaban J connectivity index is 1.68. The zero-order valence-corrected chi connectivity index (χ0v) is 13.6. The van der Waals surface area contributed by atoms with E-state index in [-0.39, 0.29) is 5.91 Å². The average molecular weight is 325 g/mol. The number of amides is 1. The lowest BCUT2D eigenvalue weighted by Crippen LogP contribution is -2.12. The lowest BCUT2D eigenvalue weighted by atomic mass is 10.2. The highest BCUT2D eigenvalue weighted by Crippen LogP contribution is 2.19. The Hall–Kier alpha value is -3.09. The van der Waals surface area contributed by atoms with Crippen molar-refractivity contribution in [2.45, 2.75) is 20.0 Å². The Bertz CT molecular complexity index is 837. The first kappa shape index (κ1) is 15.8. The second kappa shape index (κ2) is 6.99. The molecular formula is C17H19N5O2. The number of nitrogens with zero attached hydrogens (tertiary/aromatic N) is 4. The van der Waals surface area contributed by atoms with Crippen molar-refractivity contribution in [3.8, 4) is 5.75 Å². The molecule has 7 heteroatoms. The maximum Gasteiger partial charge on any atom is 0.259 e. The smallest absolute Gasteiger partial charge is 0.259 e. The number of para-hydroxylation sites is 1. The van der Waals surface area contributed by atoms with Gasteiger partial charge in [-0.1, -0.05) is 12.1 Å². The molecule has 0 fully saturated rings. The third kappa shape index (κ3) is 3.45. The van der Waals surface area contributed by atoms with E-state index in [1.807, 2.05) is 30.1 Å². The van der Waals surface area contributed by atoms with Crippen LogP contribution in [-0.4, -0.2) is 32.6 Å². The fourth-order valence-corrected chi connectivity index (χ4v) is 2.39. The number of rotatable bonds is 6. The lowest BCUT2D eigenvalue weighted by Gasteiger charge is -2.07. The molecule has 0 unspecified atom stereocenters. The summed E-state index contributed by atoms with van der Waals surface area (Å²) in [6.45, 7) is 3.47. The molecule has 0 saturated heterocycles. The van der Waals surface area contributed by atoms with Crippen LogP contribution >= 0.6 is 0 Å². The van der Waals surface area contributed by atoms with Crippen LogP contribution in [0.5, 0.6) is 5.75 Å². The molecule has 24 heavy (non-hydrogen) atoms. The molecule has 3 rings (SSSR count). The van der Waals surface area contributed by atoms with Crippen molar-refractivity contribution in [1.29, 1.82) is 0 Å². The topological polar surface area (TPSA) is 74.0 Å². The first-order chi connectivity index (χ1) is 11.7. The van der Waals surface area contributed by atoms with Crippen molar-refractivity contribution >= 4 is 11.6 Å². The first-order valence-electron chi connectivity index (χ1n) is 7.67. The van der Waals surface area contributed by atoms with Crippen LogP contribution in [0.3, 0.4) is 0 Å². The predicted molar refractivity (Wildman–Crippen MR) is 90.2 cm³/mol. The molecule has 124 valence electrons. The zero-order chi connectivity index (χ0) is 16.9. The van der Waals surface area contributed by atoms with E-state index in [1.165, 1.54) is 0 Å². The molecule has 0 spiro atoms. The molecule has 1 amide bonds. The highest BCUT2D eigenvalue weighted by Gasteiger charge is 2.12. The van der Waals surface area contributed by atoms with E-state index >= 15 is 0 Å².